The van der Waals surface area contributed by atoms with Crippen LogP contribution in [0.15, 0.2) is 36.7 Å². The Hall–Kier alpha value is -2.25. The highest BCUT2D eigenvalue weighted by Gasteiger charge is 2.35. The molecule has 1 fully saturated rings. The number of rotatable bonds is 5. The standard InChI is InChI=1S/C18H24FN5O/c1-12(2)22-18(25)17-9-15(20)11-23(17)10-13-8-14(19)4-5-16(13)24-7-3-6-21-24/h3-8,12,15,17H,9-11,20H2,1-2H3,(H,22,25)/t15-,17+/m1/s1. The van der Waals surface area contributed by atoms with Crippen molar-refractivity contribution >= 4 is 5.91 Å². The second-order valence-electron chi connectivity index (χ2n) is 6.83. The Bertz CT molecular complexity index is 731. The molecule has 25 heavy (non-hydrogen) atoms. The molecule has 2 aromatic rings. The number of hydrogen-bond acceptors (Lipinski definition) is 4. The molecule has 134 valence electrons. The lowest BCUT2D eigenvalue weighted by molar-refractivity contribution is -0.126. The van der Waals surface area contributed by atoms with Gasteiger partial charge >= 0.3 is 0 Å². The van der Waals surface area contributed by atoms with E-state index in [1.165, 1.54) is 12.1 Å². The van der Waals surface area contributed by atoms with Crippen LogP contribution in [0.25, 0.3) is 5.69 Å². The van der Waals surface area contributed by atoms with E-state index in [2.05, 4.69) is 10.4 Å². The Labute approximate surface area is 146 Å². The second-order valence-corrected chi connectivity index (χ2v) is 6.83. The van der Waals surface area contributed by atoms with Gasteiger partial charge in [-0.25, -0.2) is 9.07 Å². The Kier molecular flexibility index (Phi) is 5.15. The fourth-order valence-corrected chi connectivity index (χ4v) is 3.30. The molecule has 1 aliphatic heterocycles. The van der Waals surface area contributed by atoms with Gasteiger partial charge in [0.25, 0.3) is 0 Å². The number of aromatic nitrogens is 2. The van der Waals surface area contributed by atoms with E-state index in [1.54, 1.807) is 16.9 Å². The summed E-state index contributed by atoms with van der Waals surface area (Å²) in [6.45, 7) is 4.90. The third kappa shape index (κ3) is 4.05. The van der Waals surface area contributed by atoms with Crippen LogP contribution >= 0.6 is 0 Å². The van der Waals surface area contributed by atoms with Gasteiger partial charge in [-0.3, -0.25) is 9.69 Å². The van der Waals surface area contributed by atoms with Crippen LogP contribution in [-0.2, 0) is 11.3 Å². The summed E-state index contributed by atoms with van der Waals surface area (Å²) in [6, 6.07) is 6.14. The van der Waals surface area contributed by atoms with Gasteiger partial charge in [-0.05, 0) is 50.1 Å². The lowest BCUT2D eigenvalue weighted by atomic mass is 10.1. The first-order valence-corrected chi connectivity index (χ1v) is 8.52. The summed E-state index contributed by atoms with van der Waals surface area (Å²) in [5.74, 6) is -0.336. The predicted molar refractivity (Wildman–Crippen MR) is 93.6 cm³/mol. The molecule has 0 unspecified atom stereocenters. The second kappa shape index (κ2) is 7.33. The maximum absolute atomic E-state index is 13.8. The lowest BCUT2D eigenvalue weighted by Crippen LogP contribution is -2.45. The molecular weight excluding hydrogens is 321 g/mol. The first kappa shape index (κ1) is 17.6. The van der Waals surface area contributed by atoms with Gasteiger partial charge in [-0.2, -0.15) is 5.10 Å². The molecule has 1 amide bonds. The molecule has 0 bridgehead atoms. The number of hydrogen-bond donors (Lipinski definition) is 2. The molecule has 1 aromatic carbocycles. The van der Waals surface area contributed by atoms with E-state index in [0.29, 0.717) is 19.5 Å². The zero-order valence-electron chi connectivity index (χ0n) is 14.5. The van der Waals surface area contributed by atoms with Gasteiger partial charge < -0.3 is 11.1 Å². The molecule has 1 aromatic heterocycles. The molecule has 3 N–H and O–H groups in total. The summed E-state index contributed by atoms with van der Waals surface area (Å²) in [7, 11) is 0. The number of amides is 1. The molecule has 2 atom stereocenters. The van der Waals surface area contributed by atoms with Crippen molar-refractivity contribution in [2.75, 3.05) is 6.54 Å². The van der Waals surface area contributed by atoms with Crippen LogP contribution in [0.1, 0.15) is 25.8 Å². The minimum absolute atomic E-state index is 0.0278. The van der Waals surface area contributed by atoms with Crippen molar-refractivity contribution in [1.82, 2.24) is 20.0 Å². The minimum atomic E-state index is -0.308. The quantitative estimate of drug-likeness (QED) is 0.860. The van der Waals surface area contributed by atoms with Gasteiger partial charge in [0.15, 0.2) is 0 Å². The third-order valence-electron chi connectivity index (χ3n) is 4.34. The number of likely N-dealkylation sites (tertiary alicyclic amines) is 1. The summed E-state index contributed by atoms with van der Waals surface area (Å²) >= 11 is 0. The number of nitrogens with zero attached hydrogens (tertiary/aromatic N) is 3. The van der Waals surface area contributed by atoms with Crippen molar-refractivity contribution in [3.63, 3.8) is 0 Å². The van der Waals surface area contributed by atoms with Gasteiger partial charge in [0, 0.05) is 37.6 Å². The largest absolute Gasteiger partial charge is 0.353 e. The molecule has 0 saturated carbocycles. The zero-order chi connectivity index (χ0) is 18.0. The third-order valence-corrected chi connectivity index (χ3v) is 4.34. The van der Waals surface area contributed by atoms with Gasteiger partial charge in [-0.1, -0.05) is 0 Å². The predicted octanol–water partition coefficient (Wildman–Crippen LogP) is 1.44. The Morgan fingerprint density at radius 1 is 1.48 bits per heavy atom. The van der Waals surface area contributed by atoms with E-state index in [9.17, 15) is 9.18 Å². The van der Waals surface area contributed by atoms with Crippen LogP contribution in [0, 0.1) is 5.82 Å². The summed E-state index contributed by atoms with van der Waals surface area (Å²) in [5, 5.41) is 7.18. The maximum atomic E-state index is 13.8. The van der Waals surface area contributed by atoms with Crippen LogP contribution in [0.3, 0.4) is 0 Å². The van der Waals surface area contributed by atoms with Gasteiger partial charge in [0.2, 0.25) is 5.91 Å². The van der Waals surface area contributed by atoms with Crippen molar-refractivity contribution in [2.45, 2.75) is 44.9 Å². The molecule has 2 heterocycles. The van der Waals surface area contributed by atoms with Gasteiger partial charge in [0.05, 0.1) is 11.7 Å². The minimum Gasteiger partial charge on any atom is -0.353 e. The molecule has 1 aliphatic rings. The average Bonchev–Trinajstić information content (AvgIpc) is 3.16. The van der Waals surface area contributed by atoms with Gasteiger partial charge in [0.1, 0.15) is 5.82 Å². The SMILES string of the molecule is CC(C)NC(=O)[C@@H]1C[C@@H](N)CN1Cc1cc(F)ccc1-n1cccn1. The number of carbonyl (C=O) groups is 1. The monoisotopic (exact) mass is 345 g/mol. The Morgan fingerprint density at radius 2 is 2.28 bits per heavy atom. The van der Waals surface area contributed by atoms with E-state index < -0.39 is 0 Å². The van der Waals surface area contributed by atoms with Crippen LogP contribution < -0.4 is 11.1 Å². The lowest BCUT2D eigenvalue weighted by Gasteiger charge is -2.25. The molecular formula is C18H24FN5O. The molecule has 0 radical (unpaired) electrons. The Morgan fingerprint density at radius 3 is 2.96 bits per heavy atom. The van der Waals surface area contributed by atoms with E-state index in [0.717, 1.165) is 11.3 Å². The molecule has 7 heteroatoms. The Balaban J connectivity index is 1.85. The van der Waals surface area contributed by atoms with Crippen molar-refractivity contribution in [1.29, 1.82) is 0 Å². The van der Waals surface area contributed by atoms with Crippen LogP contribution in [0.5, 0.6) is 0 Å². The number of benzene rings is 1. The number of nitrogens with one attached hydrogen (secondary N) is 1. The van der Waals surface area contributed by atoms with Gasteiger partial charge in [-0.15, -0.1) is 0 Å². The van der Waals surface area contributed by atoms with Crippen LogP contribution in [-0.4, -0.2) is 45.3 Å². The number of carbonyl (C=O) groups excluding carboxylic acids is 1. The summed E-state index contributed by atoms with van der Waals surface area (Å²) in [4.78, 5) is 14.5. The fourth-order valence-electron chi connectivity index (χ4n) is 3.30. The summed E-state index contributed by atoms with van der Waals surface area (Å²) in [5.41, 5.74) is 7.67. The van der Waals surface area contributed by atoms with E-state index in [1.807, 2.05) is 31.0 Å². The summed E-state index contributed by atoms with van der Waals surface area (Å²) in [6.07, 6.45) is 4.10. The van der Waals surface area contributed by atoms with Crippen molar-refractivity contribution < 1.29 is 9.18 Å². The number of nitrogens with two attached hydrogens (primary N) is 1. The summed E-state index contributed by atoms with van der Waals surface area (Å²) < 4.78 is 15.5. The molecule has 0 spiro atoms. The smallest absolute Gasteiger partial charge is 0.237 e. The first-order chi connectivity index (χ1) is 11.9. The zero-order valence-corrected chi connectivity index (χ0v) is 14.5. The van der Waals surface area contributed by atoms with Crippen molar-refractivity contribution in [2.24, 2.45) is 5.73 Å². The molecule has 0 aliphatic carbocycles. The van der Waals surface area contributed by atoms with Crippen molar-refractivity contribution in [3.8, 4) is 5.69 Å². The van der Waals surface area contributed by atoms with E-state index in [-0.39, 0.29) is 29.8 Å². The average molecular weight is 345 g/mol. The highest BCUT2D eigenvalue weighted by molar-refractivity contribution is 5.82. The van der Waals surface area contributed by atoms with Crippen molar-refractivity contribution in [3.05, 3.63) is 48.0 Å². The van der Waals surface area contributed by atoms with Crippen LogP contribution in [0.2, 0.25) is 0 Å². The highest BCUT2D eigenvalue weighted by Crippen LogP contribution is 2.24. The maximum Gasteiger partial charge on any atom is 0.237 e. The molecule has 1 saturated heterocycles. The topological polar surface area (TPSA) is 76.2 Å². The fraction of sp³-hybridized carbons (Fsp3) is 0.444. The van der Waals surface area contributed by atoms with Crippen LogP contribution in [0.4, 0.5) is 4.39 Å². The number of halogens is 1. The normalized spacial score (nSPS) is 21.0. The highest BCUT2D eigenvalue weighted by atomic mass is 19.1. The van der Waals surface area contributed by atoms with E-state index >= 15 is 0 Å². The first-order valence-electron chi connectivity index (χ1n) is 8.52. The molecule has 6 nitrogen and oxygen atoms in total. The molecule has 3 rings (SSSR count). The van der Waals surface area contributed by atoms with E-state index in [4.69, 9.17) is 5.73 Å².